The van der Waals surface area contributed by atoms with E-state index in [4.69, 9.17) is 5.11 Å². The van der Waals surface area contributed by atoms with E-state index in [9.17, 15) is 13.2 Å². The summed E-state index contributed by atoms with van der Waals surface area (Å²) in [5.41, 5.74) is 0. The van der Waals surface area contributed by atoms with Crippen molar-refractivity contribution in [2.45, 2.75) is 24.8 Å². The molecule has 0 aromatic carbocycles. The number of carboxylic acid groups (broad SMARTS) is 1. The molecule has 1 aromatic rings. The average molecular weight is 355 g/mol. The van der Waals surface area contributed by atoms with E-state index >= 15 is 0 Å². The monoisotopic (exact) mass is 354 g/mol. The lowest BCUT2D eigenvalue weighted by Gasteiger charge is -2.11. The van der Waals surface area contributed by atoms with E-state index in [1.54, 1.807) is 6.92 Å². The largest absolute Gasteiger partial charge is 0.481 e. The maximum atomic E-state index is 12.0. The van der Waals surface area contributed by atoms with E-state index in [1.165, 1.54) is 7.05 Å². The number of sulfonamides is 1. The number of rotatable bonds is 7. The molecule has 8 nitrogen and oxygen atoms in total. The van der Waals surface area contributed by atoms with Gasteiger partial charge >= 0.3 is 5.97 Å². The van der Waals surface area contributed by atoms with Gasteiger partial charge in [-0.05, 0) is 28.3 Å². The quantitative estimate of drug-likeness (QED) is 0.730. The Kier molecular flexibility index (Phi) is 5.44. The fraction of sp³-hybridized carbons (Fsp3) is 0.667. The summed E-state index contributed by atoms with van der Waals surface area (Å²) < 4.78 is 27.7. The van der Waals surface area contributed by atoms with Gasteiger partial charge in [-0.15, -0.1) is 5.10 Å². The van der Waals surface area contributed by atoms with Gasteiger partial charge in [0.25, 0.3) is 10.0 Å². The van der Waals surface area contributed by atoms with E-state index in [0.717, 1.165) is 4.68 Å². The first-order chi connectivity index (χ1) is 8.74. The molecule has 0 aliphatic heterocycles. The first-order valence-corrected chi connectivity index (χ1v) is 7.78. The Balaban J connectivity index is 2.64. The summed E-state index contributed by atoms with van der Waals surface area (Å²) in [6.07, 6.45) is 0.419. The molecule has 0 aliphatic rings. The van der Waals surface area contributed by atoms with Crippen LogP contribution in [0.3, 0.4) is 0 Å². The number of aromatic nitrogens is 3. The molecule has 0 radical (unpaired) electrons. The Morgan fingerprint density at radius 3 is 2.68 bits per heavy atom. The summed E-state index contributed by atoms with van der Waals surface area (Å²) >= 11 is 3.02. The highest BCUT2D eigenvalue weighted by molar-refractivity contribution is 9.10. The predicted molar refractivity (Wildman–Crippen MR) is 69.9 cm³/mol. The number of nitrogens with one attached hydrogen (secondary N) is 1. The van der Waals surface area contributed by atoms with Gasteiger partial charge < -0.3 is 5.11 Å². The summed E-state index contributed by atoms with van der Waals surface area (Å²) in [5.74, 6) is -0.973. The molecular formula is C9H15BrN4O4S. The van der Waals surface area contributed by atoms with E-state index in [-0.39, 0.29) is 28.5 Å². The molecular weight excluding hydrogens is 340 g/mol. The van der Waals surface area contributed by atoms with Crippen LogP contribution in [0.15, 0.2) is 9.63 Å². The first-order valence-electron chi connectivity index (χ1n) is 5.50. The van der Waals surface area contributed by atoms with Gasteiger partial charge in [-0.2, -0.15) is 0 Å². The number of nitrogens with zero attached hydrogens (tertiary/aromatic N) is 3. The fourth-order valence-electron chi connectivity index (χ4n) is 1.40. The Morgan fingerprint density at radius 1 is 1.58 bits per heavy atom. The number of hydrogen-bond donors (Lipinski definition) is 2. The maximum Gasteiger partial charge on any atom is 0.303 e. The van der Waals surface area contributed by atoms with Crippen molar-refractivity contribution in [3.63, 3.8) is 0 Å². The third kappa shape index (κ3) is 4.55. The Bertz CT molecular complexity index is 537. The molecule has 0 saturated heterocycles. The lowest BCUT2D eigenvalue weighted by molar-refractivity contribution is -0.137. The third-order valence-electron chi connectivity index (χ3n) is 2.46. The second-order valence-corrected chi connectivity index (χ2v) is 6.63. The topological polar surface area (TPSA) is 114 Å². The molecule has 1 aromatic heterocycles. The van der Waals surface area contributed by atoms with Crippen LogP contribution in [0.2, 0.25) is 0 Å². The minimum absolute atomic E-state index is 0.0137. The lowest BCUT2D eigenvalue weighted by Crippen LogP contribution is -2.30. The van der Waals surface area contributed by atoms with Crippen molar-refractivity contribution in [1.29, 1.82) is 0 Å². The second-order valence-electron chi connectivity index (χ2n) is 4.20. The first kappa shape index (κ1) is 16.1. The van der Waals surface area contributed by atoms with Crippen molar-refractivity contribution in [3.8, 4) is 0 Å². The normalized spacial score (nSPS) is 13.4. The highest BCUT2D eigenvalue weighted by Gasteiger charge is 2.24. The predicted octanol–water partition coefficient (Wildman–Crippen LogP) is 0.357. The molecule has 0 bridgehead atoms. The molecule has 1 heterocycles. The van der Waals surface area contributed by atoms with Crippen LogP contribution in [0, 0.1) is 5.92 Å². The number of hydrogen-bond acceptors (Lipinski definition) is 5. The highest BCUT2D eigenvalue weighted by Crippen LogP contribution is 2.17. The molecule has 2 N–H and O–H groups in total. The molecule has 1 atom stereocenters. The van der Waals surface area contributed by atoms with Crippen molar-refractivity contribution in [1.82, 2.24) is 19.7 Å². The van der Waals surface area contributed by atoms with E-state index in [2.05, 4.69) is 31.0 Å². The summed E-state index contributed by atoms with van der Waals surface area (Å²) in [4.78, 5) is 10.4. The Morgan fingerprint density at radius 2 is 2.21 bits per heavy atom. The highest BCUT2D eigenvalue weighted by atomic mass is 79.9. The van der Waals surface area contributed by atoms with Crippen molar-refractivity contribution in [2.24, 2.45) is 13.0 Å². The number of carboxylic acids is 1. The van der Waals surface area contributed by atoms with Gasteiger partial charge in [-0.3, -0.25) is 4.79 Å². The molecule has 19 heavy (non-hydrogen) atoms. The minimum atomic E-state index is -3.72. The van der Waals surface area contributed by atoms with Crippen molar-refractivity contribution in [2.75, 3.05) is 6.54 Å². The van der Waals surface area contributed by atoms with Gasteiger partial charge in [-0.25, -0.2) is 17.8 Å². The minimum Gasteiger partial charge on any atom is -0.481 e. The average Bonchev–Trinajstić information content (AvgIpc) is 2.64. The molecule has 0 spiro atoms. The molecule has 1 unspecified atom stereocenters. The zero-order valence-corrected chi connectivity index (χ0v) is 12.9. The van der Waals surface area contributed by atoms with Crippen LogP contribution < -0.4 is 4.72 Å². The molecule has 10 heteroatoms. The third-order valence-corrected chi connectivity index (χ3v) is 4.77. The molecule has 0 aliphatic carbocycles. The van der Waals surface area contributed by atoms with Gasteiger partial charge in [0.1, 0.15) is 0 Å². The Labute approximate surface area is 119 Å². The zero-order chi connectivity index (χ0) is 14.6. The van der Waals surface area contributed by atoms with E-state index < -0.39 is 16.0 Å². The smallest absolute Gasteiger partial charge is 0.303 e. The number of carbonyl (C=O) groups is 1. The summed E-state index contributed by atoms with van der Waals surface area (Å²) in [7, 11) is -2.25. The van der Waals surface area contributed by atoms with Crippen LogP contribution in [0.1, 0.15) is 19.8 Å². The summed E-state index contributed by atoms with van der Waals surface area (Å²) in [6, 6.07) is 0. The van der Waals surface area contributed by atoms with Gasteiger partial charge in [0.2, 0.25) is 5.03 Å². The van der Waals surface area contributed by atoms with Crippen molar-refractivity contribution < 1.29 is 18.3 Å². The van der Waals surface area contributed by atoms with Crippen molar-refractivity contribution in [3.05, 3.63) is 4.60 Å². The van der Waals surface area contributed by atoms with E-state index in [0.29, 0.717) is 6.42 Å². The summed E-state index contributed by atoms with van der Waals surface area (Å²) in [5, 5.41) is 15.7. The number of aryl methyl sites for hydroxylation is 1. The molecule has 108 valence electrons. The zero-order valence-electron chi connectivity index (χ0n) is 10.5. The van der Waals surface area contributed by atoms with Gasteiger partial charge in [0.15, 0.2) is 4.60 Å². The lowest BCUT2D eigenvalue weighted by atomic mass is 10.1. The van der Waals surface area contributed by atoms with Crippen LogP contribution in [0.5, 0.6) is 0 Å². The second kappa shape index (κ2) is 6.44. The molecule has 0 amide bonds. The molecule has 1 rings (SSSR count). The van der Waals surface area contributed by atoms with Crippen molar-refractivity contribution >= 4 is 31.9 Å². The maximum absolute atomic E-state index is 12.0. The van der Waals surface area contributed by atoms with Gasteiger partial charge in [0, 0.05) is 20.0 Å². The standard InChI is InChI=1S/C9H15BrN4O4S/c1-6(3-4-7(15)16)5-11-19(17,18)9-8(10)12-13-14(9)2/h6,11H,3-5H2,1-2H3,(H,15,16). The van der Waals surface area contributed by atoms with Crippen LogP contribution in [-0.2, 0) is 21.9 Å². The molecule has 0 fully saturated rings. The van der Waals surface area contributed by atoms with Gasteiger partial charge in [-0.1, -0.05) is 12.1 Å². The number of aliphatic carboxylic acids is 1. The molecule has 0 saturated carbocycles. The van der Waals surface area contributed by atoms with Crippen LogP contribution in [0.4, 0.5) is 0 Å². The fourth-order valence-corrected chi connectivity index (χ4v) is 3.65. The van der Waals surface area contributed by atoms with E-state index in [1.807, 2.05) is 0 Å². The SMILES string of the molecule is CC(CCC(=O)O)CNS(=O)(=O)c1c(Br)nnn1C. The van der Waals surface area contributed by atoms with Crippen LogP contribution in [-0.4, -0.2) is 41.0 Å². The summed E-state index contributed by atoms with van der Waals surface area (Å²) in [6.45, 7) is 1.94. The number of halogens is 1. The Hall–Kier alpha value is -1.00. The van der Waals surface area contributed by atoms with Crippen LogP contribution in [0.25, 0.3) is 0 Å². The van der Waals surface area contributed by atoms with Crippen LogP contribution >= 0.6 is 15.9 Å². The van der Waals surface area contributed by atoms with Gasteiger partial charge in [0.05, 0.1) is 0 Å².